The minimum absolute atomic E-state index is 0.0910. The van der Waals surface area contributed by atoms with E-state index in [1.165, 1.54) is 10.6 Å². The molecule has 1 amide bonds. The first-order valence-electron chi connectivity index (χ1n) is 9.69. The molecule has 1 N–H and O–H groups in total. The predicted molar refractivity (Wildman–Crippen MR) is 109 cm³/mol. The number of furan rings is 1. The number of carbonyl (C=O) groups is 1. The van der Waals surface area contributed by atoms with Crippen molar-refractivity contribution in [3.05, 3.63) is 24.2 Å². The molecule has 1 aliphatic rings. The highest BCUT2D eigenvalue weighted by Gasteiger charge is 2.25. The van der Waals surface area contributed by atoms with Crippen molar-refractivity contribution < 1.29 is 17.6 Å². The number of guanidine groups is 1. The molecule has 0 radical (unpaired) electrons. The number of sulfonamides is 1. The van der Waals surface area contributed by atoms with Gasteiger partial charge in [0.25, 0.3) is 5.91 Å². The van der Waals surface area contributed by atoms with Crippen LogP contribution in [-0.4, -0.2) is 93.0 Å². The van der Waals surface area contributed by atoms with Crippen molar-refractivity contribution >= 4 is 21.9 Å². The zero-order chi connectivity index (χ0) is 20.6. The van der Waals surface area contributed by atoms with Crippen LogP contribution in [0.5, 0.6) is 0 Å². The summed E-state index contributed by atoms with van der Waals surface area (Å²) in [7, 11) is -1.55. The van der Waals surface area contributed by atoms with E-state index in [0.717, 1.165) is 12.5 Å². The molecule has 0 bridgehead atoms. The Morgan fingerprint density at radius 3 is 2.50 bits per heavy atom. The van der Waals surface area contributed by atoms with Crippen molar-refractivity contribution in [2.24, 2.45) is 4.99 Å². The van der Waals surface area contributed by atoms with Gasteiger partial charge in [-0.3, -0.25) is 9.79 Å². The normalized spacial score (nSPS) is 15.9. The number of carbonyl (C=O) groups excluding carboxylic acids is 1. The van der Waals surface area contributed by atoms with Crippen LogP contribution < -0.4 is 5.32 Å². The van der Waals surface area contributed by atoms with Crippen LogP contribution in [0.25, 0.3) is 0 Å². The van der Waals surface area contributed by atoms with Crippen molar-refractivity contribution in [1.29, 1.82) is 0 Å². The molecule has 1 saturated heterocycles. The molecule has 2 heterocycles. The average Bonchev–Trinajstić information content (AvgIpc) is 3.24. The van der Waals surface area contributed by atoms with E-state index in [4.69, 9.17) is 4.42 Å². The summed E-state index contributed by atoms with van der Waals surface area (Å²) >= 11 is 0. The molecule has 0 atom stereocenters. The predicted octanol–water partition coefficient (Wildman–Crippen LogP) is 0.675. The number of nitrogens with zero attached hydrogens (tertiary/aromatic N) is 4. The Morgan fingerprint density at radius 1 is 1.25 bits per heavy atom. The zero-order valence-corrected chi connectivity index (χ0v) is 17.7. The maximum atomic E-state index is 12.4. The van der Waals surface area contributed by atoms with E-state index in [1.807, 2.05) is 6.92 Å². The van der Waals surface area contributed by atoms with E-state index < -0.39 is 10.0 Å². The van der Waals surface area contributed by atoms with Crippen LogP contribution in [-0.2, 0) is 10.0 Å². The molecule has 1 aromatic rings. The molecule has 28 heavy (non-hydrogen) atoms. The lowest BCUT2D eigenvalue weighted by molar-refractivity contribution is 0.0657. The second-order valence-corrected chi connectivity index (χ2v) is 8.93. The summed E-state index contributed by atoms with van der Waals surface area (Å²) in [5.41, 5.74) is 0. The highest BCUT2D eigenvalue weighted by atomic mass is 32.2. The van der Waals surface area contributed by atoms with Gasteiger partial charge in [-0.15, -0.1) is 0 Å². The van der Waals surface area contributed by atoms with Crippen LogP contribution in [0.15, 0.2) is 27.8 Å². The molecule has 2 rings (SSSR count). The maximum absolute atomic E-state index is 12.4. The van der Waals surface area contributed by atoms with E-state index in [0.29, 0.717) is 51.4 Å². The molecule has 0 unspecified atom stereocenters. The van der Waals surface area contributed by atoms with Gasteiger partial charge in [-0.1, -0.05) is 0 Å². The molecule has 0 aromatic carbocycles. The fourth-order valence-corrected chi connectivity index (χ4v) is 3.79. The van der Waals surface area contributed by atoms with Crippen molar-refractivity contribution in [1.82, 2.24) is 19.4 Å². The lowest BCUT2D eigenvalue weighted by Crippen LogP contribution is -2.53. The number of aliphatic imine (C=N–C) groups is 1. The summed E-state index contributed by atoms with van der Waals surface area (Å²) in [6, 6.07) is 3.39. The van der Waals surface area contributed by atoms with Crippen LogP contribution in [0, 0.1) is 0 Å². The van der Waals surface area contributed by atoms with Crippen LogP contribution in [0.2, 0.25) is 0 Å². The van der Waals surface area contributed by atoms with Gasteiger partial charge in [0, 0.05) is 52.9 Å². The Balaban J connectivity index is 1.85. The summed E-state index contributed by atoms with van der Waals surface area (Å²) in [4.78, 5) is 20.9. The lowest BCUT2D eigenvalue weighted by atomic mass is 10.3. The minimum atomic E-state index is -3.15. The molecule has 10 heteroatoms. The monoisotopic (exact) mass is 413 g/mol. The first kappa shape index (κ1) is 22.2. The Labute approximate surface area is 167 Å². The average molecular weight is 414 g/mol. The maximum Gasteiger partial charge on any atom is 0.289 e. The van der Waals surface area contributed by atoms with Gasteiger partial charge < -0.3 is 19.5 Å². The highest BCUT2D eigenvalue weighted by Crippen LogP contribution is 2.09. The van der Waals surface area contributed by atoms with Gasteiger partial charge in [0.2, 0.25) is 10.0 Å². The van der Waals surface area contributed by atoms with Gasteiger partial charge in [-0.05, 0) is 32.4 Å². The molecule has 0 aliphatic carbocycles. The summed E-state index contributed by atoms with van der Waals surface area (Å²) in [5, 5.41) is 3.28. The van der Waals surface area contributed by atoms with Crippen LogP contribution in [0.3, 0.4) is 0 Å². The second-order valence-electron chi connectivity index (χ2n) is 6.57. The smallest absolute Gasteiger partial charge is 0.289 e. The van der Waals surface area contributed by atoms with Crippen molar-refractivity contribution in [3.63, 3.8) is 0 Å². The van der Waals surface area contributed by atoms with Gasteiger partial charge >= 0.3 is 0 Å². The molecular weight excluding hydrogens is 382 g/mol. The first-order valence-corrected chi connectivity index (χ1v) is 11.3. The fraction of sp³-hybridized carbons (Fsp3) is 0.667. The van der Waals surface area contributed by atoms with Crippen LogP contribution >= 0.6 is 0 Å². The van der Waals surface area contributed by atoms with Crippen molar-refractivity contribution in [3.8, 4) is 0 Å². The van der Waals surface area contributed by atoms with Gasteiger partial charge in [-0.2, -0.15) is 0 Å². The molecule has 0 saturated carbocycles. The molecular formula is C18H31N5O4S. The number of amides is 1. The standard InChI is InChI=1S/C18H31N5O4S/c1-4-19-18(20-9-7-10-21(3)28(25,26)5-2)23-13-11-22(12-14-23)17(24)16-8-6-15-27-16/h6,8,15H,4-5,7,9-14H2,1-3H3,(H,19,20). The molecule has 9 nitrogen and oxygen atoms in total. The third kappa shape index (κ3) is 5.96. The van der Waals surface area contributed by atoms with E-state index in [9.17, 15) is 13.2 Å². The Morgan fingerprint density at radius 2 is 1.93 bits per heavy atom. The molecule has 1 aliphatic heterocycles. The fourth-order valence-electron chi connectivity index (χ4n) is 2.94. The Bertz CT molecular complexity index is 740. The number of nitrogens with one attached hydrogen (secondary N) is 1. The van der Waals surface area contributed by atoms with Crippen LogP contribution in [0.4, 0.5) is 0 Å². The van der Waals surface area contributed by atoms with Crippen LogP contribution in [0.1, 0.15) is 30.8 Å². The number of rotatable bonds is 8. The first-order chi connectivity index (χ1) is 13.4. The Kier molecular flexibility index (Phi) is 8.31. The van der Waals surface area contributed by atoms with E-state index >= 15 is 0 Å². The molecule has 0 spiro atoms. The number of hydrogen-bond acceptors (Lipinski definition) is 5. The summed E-state index contributed by atoms with van der Waals surface area (Å²) in [6.07, 6.45) is 2.16. The second kappa shape index (κ2) is 10.5. The van der Waals surface area contributed by atoms with E-state index in [2.05, 4.69) is 15.2 Å². The lowest BCUT2D eigenvalue weighted by Gasteiger charge is -2.36. The number of hydrogen-bond donors (Lipinski definition) is 1. The molecule has 1 fully saturated rings. The Hall–Kier alpha value is -2.07. The quantitative estimate of drug-likeness (QED) is 0.382. The molecule has 158 valence electrons. The summed E-state index contributed by atoms with van der Waals surface area (Å²) in [6.45, 7) is 7.95. The third-order valence-corrected chi connectivity index (χ3v) is 6.53. The zero-order valence-electron chi connectivity index (χ0n) is 16.9. The van der Waals surface area contributed by atoms with Crippen molar-refractivity contribution in [2.75, 3.05) is 58.6 Å². The van der Waals surface area contributed by atoms with E-state index in [-0.39, 0.29) is 11.7 Å². The largest absolute Gasteiger partial charge is 0.459 e. The van der Waals surface area contributed by atoms with Gasteiger partial charge in [0.05, 0.1) is 12.0 Å². The van der Waals surface area contributed by atoms with Gasteiger partial charge in [0.15, 0.2) is 11.7 Å². The third-order valence-electron chi connectivity index (χ3n) is 4.67. The van der Waals surface area contributed by atoms with Gasteiger partial charge in [-0.25, -0.2) is 12.7 Å². The topological polar surface area (TPSA) is 98.5 Å². The van der Waals surface area contributed by atoms with E-state index in [1.54, 1.807) is 31.0 Å². The van der Waals surface area contributed by atoms with Crippen molar-refractivity contribution in [2.45, 2.75) is 20.3 Å². The summed E-state index contributed by atoms with van der Waals surface area (Å²) in [5.74, 6) is 1.18. The highest BCUT2D eigenvalue weighted by molar-refractivity contribution is 7.89. The molecule has 1 aromatic heterocycles. The number of piperazine rings is 1. The summed E-state index contributed by atoms with van der Waals surface area (Å²) < 4.78 is 30.1. The minimum Gasteiger partial charge on any atom is -0.459 e. The van der Waals surface area contributed by atoms with Gasteiger partial charge in [0.1, 0.15) is 0 Å². The SMILES string of the molecule is CCNC(=NCCCN(C)S(=O)(=O)CC)N1CCN(C(=O)c2ccco2)CC1.